The van der Waals surface area contributed by atoms with Crippen LogP contribution in [0, 0.1) is 0 Å². The first-order valence-corrected chi connectivity index (χ1v) is 7.89. The van der Waals surface area contributed by atoms with Crippen molar-refractivity contribution in [1.82, 2.24) is 4.90 Å². The summed E-state index contributed by atoms with van der Waals surface area (Å²) in [6.07, 6.45) is 4.09. The maximum Gasteiger partial charge on any atom is 0.0570 e. The molecule has 0 radical (unpaired) electrons. The molecule has 0 aliphatic carbocycles. The van der Waals surface area contributed by atoms with Crippen molar-refractivity contribution >= 4 is 15.9 Å². The van der Waals surface area contributed by atoms with E-state index in [-0.39, 0.29) is 12.1 Å². The van der Waals surface area contributed by atoms with Crippen LogP contribution in [0.15, 0.2) is 28.7 Å². The molecular formula is C15H21BrN2O. The van der Waals surface area contributed by atoms with Crippen LogP contribution in [0.2, 0.25) is 0 Å². The Morgan fingerprint density at radius 2 is 2.00 bits per heavy atom. The lowest BCUT2D eigenvalue weighted by Crippen LogP contribution is -2.48. The van der Waals surface area contributed by atoms with Crippen LogP contribution in [0.3, 0.4) is 0 Å². The number of benzene rings is 1. The Morgan fingerprint density at radius 3 is 2.58 bits per heavy atom. The van der Waals surface area contributed by atoms with Crippen LogP contribution in [-0.2, 0) is 0 Å². The molecule has 2 saturated heterocycles. The molecule has 2 bridgehead atoms. The van der Waals surface area contributed by atoms with E-state index in [0.29, 0.717) is 18.6 Å². The number of fused-ring (bicyclic) bond motifs is 2. The molecule has 1 aromatic carbocycles. The fourth-order valence-electron chi connectivity index (χ4n) is 3.84. The molecule has 0 aromatic heterocycles. The van der Waals surface area contributed by atoms with Crippen LogP contribution in [0.25, 0.3) is 0 Å². The van der Waals surface area contributed by atoms with Gasteiger partial charge in [-0.3, -0.25) is 4.90 Å². The molecule has 1 aromatic rings. The summed E-state index contributed by atoms with van der Waals surface area (Å²) >= 11 is 3.54. The zero-order valence-electron chi connectivity index (χ0n) is 11.0. The topological polar surface area (TPSA) is 49.5 Å². The van der Waals surface area contributed by atoms with Crippen LogP contribution in [-0.4, -0.2) is 34.7 Å². The van der Waals surface area contributed by atoms with Gasteiger partial charge in [0.25, 0.3) is 0 Å². The molecule has 0 amide bonds. The molecule has 2 aliphatic heterocycles. The second-order valence-electron chi connectivity index (χ2n) is 5.76. The first-order chi connectivity index (χ1) is 9.19. The summed E-state index contributed by atoms with van der Waals surface area (Å²) in [5.41, 5.74) is 7.34. The Labute approximate surface area is 122 Å². The van der Waals surface area contributed by atoms with Gasteiger partial charge in [0.1, 0.15) is 0 Å². The molecule has 3 nitrogen and oxygen atoms in total. The molecule has 0 spiro atoms. The monoisotopic (exact) mass is 324 g/mol. The van der Waals surface area contributed by atoms with Gasteiger partial charge in [-0.15, -0.1) is 0 Å². The Balaban J connectivity index is 1.87. The predicted octanol–water partition coefficient (Wildman–Crippen LogP) is 2.44. The minimum atomic E-state index is -0.116. The average molecular weight is 325 g/mol. The molecule has 3 unspecified atom stereocenters. The second-order valence-corrected chi connectivity index (χ2v) is 6.68. The third-order valence-corrected chi connectivity index (χ3v) is 5.07. The molecule has 19 heavy (non-hydrogen) atoms. The molecule has 4 heteroatoms. The van der Waals surface area contributed by atoms with Gasteiger partial charge in [-0.05, 0) is 43.4 Å². The van der Waals surface area contributed by atoms with Crippen LogP contribution in [0.1, 0.15) is 37.3 Å². The van der Waals surface area contributed by atoms with Gasteiger partial charge in [0.2, 0.25) is 0 Å². The summed E-state index contributed by atoms with van der Waals surface area (Å²) in [6, 6.07) is 9.73. The van der Waals surface area contributed by atoms with E-state index in [1.165, 1.54) is 18.4 Å². The second kappa shape index (κ2) is 5.52. The summed E-state index contributed by atoms with van der Waals surface area (Å²) in [5, 5.41) is 9.91. The largest absolute Gasteiger partial charge is 0.393 e. The molecule has 0 saturated carbocycles. The fourth-order valence-corrected chi connectivity index (χ4v) is 4.25. The molecule has 2 aliphatic rings. The number of hydrogen-bond acceptors (Lipinski definition) is 3. The minimum absolute atomic E-state index is 0.116. The number of nitrogens with two attached hydrogens (primary N) is 1. The van der Waals surface area contributed by atoms with Gasteiger partial charge in [-0.2, -0.15) is 0 Å². The summed E-state index contributed by atoms with van der Waals surface area (Å²) in [5.74, 6) is 0. The SMILES string of the molecule is NCC(c1cccc(Br)c1)N1C2CCC1CC(O)C2. The molecular weight excluding hydrogens is 304 g/mol. The average Bonchev–Trinajstić information content (AvgIpc) is 2.65. The highest BCUT2D eigenvalue weighted by atomic mass is 79.9. The first-order valence-electron chi connectivity index (χ1n) is 7.10. The van der Waals surface area contributed by atoms with E-state index >= 15 is 0 Å². The number of piperidine rings is 1. The normalized spacial score (nSPS) is 32.5. The molecule has 3 rings (SSSR count). The smallest absolute Gasteiger partial charge is 0.0570 e. The van der Waals surface area contributed by atoms with Crippen LogP contribution >= 0.6 is 15.9 Å². The lowest BCUT2D eigenvalue weighted by molar-refractivity contribution is 0.0115. The maximum atomic E-state index is 9.91. The van der Waals surface area contributed by atoms with Gasteiger partial charge in [-0.25, -0.2) is 0 Å². The quantitative estimate of drug-likeness (QED) is 0.897. The molecule has 104 valence electrons. The number of aliphatic hydroxyl groups is 1. The standard InChI is InChI=1S/C15H21BrN2O/c16-11-3-1-2-10(6-11)15(9-17)18-12-4-5-13(18)8-14(19)7-12/h1-3,6,12-15,19H,4-5,7-9,17H2. The maximum absolute atomic E-state index is 9.91. The van der Waals surface area contributed by atoms with E-state index in [2.05, 4.69) is 39.0 Å². The summed E-state index contributed by atoms with van der Waals surface area (Å²) < 4.78 is 1.10. The van der Waals surface area contributed by atoms with Crippen molar-refractivity contribution in [2.45, 2.75) is 49.9 Å². The zero-order valence-corrected chi connectivity index (χ0v) is 12.6. The number of nitrogens with zero attached hydrogens (tertiary/aromatic N) is 1. The van der Waals surface area contributed by atoms with Gasteiger partial charge in [0.15, 0.2) is 0 Å². The third-order valence-electron chi connectivity index (χ3n) is 4.58. The highest BCUT2D eigenvalue weighted by Gasteiger charge is 2.43. The highest BCUT2D eigenvalue weighted by Crippen LogP contribution is 2.41. The van der Waals surface area contributed by atoms with Gasteiger partial charge < -0.3 is 10.8 Å². The molecule has 2 heterocycles. The Hall–Kier alpha value is -0.420. The lowest BCUT2D eigenvalue weighted by Gasteiger charge is -2.42. The van der Waals surface area contributed by atoms with Gasteiger partial charge >= 0.3 is 0 Å². The van der Waals surface area contributed by atoms with Crippen LogP contribution in [0.5, 0.6) is 0 Å². The van der Waals surface area contributed by atoms with Crippen molar-refractivity contribution in [2.24, 2.45) is 5.73 Å². The van der Waals surface area contributed by atoms with Crippen LogP contribution in [0.4, 0.5) is 0 Å². The van der Waals surface area contributed by atoms with E-state index in [0.717, 1.165) is 17.3 Å². The summed E-state index contributed by atoms with van der Waals surface area (Å²) in [6.45, 7) is 0.638. The van der Waals surface area contributed by atoms with E-state index in [1.54, 1.807) is 0 Å². The van der Waals surface area contributed by atoms with Crippen molar-refractivity contribution in [1.29, 1.82) is 0 Å². The lowest BCUT2D eigenvalue weighted by atomic mass is 9.95. The number of rotatable bonds is 3. The van der Waals surface area contributed by atoms with E-state index in [4.69, 9.17) is 5.73 Å². The van der Waals surface area contributed by atoms with Gasteiger partial charge in [0.05, 0.1) is 6.10 Å². The summed E-state index contributed by atoms with van der Waals surface area (Å²) in [7, 11) is 0. The van der Waals surface area contributed by atoms with E-state index in [9.17, 15) is 5.11 Å². The molecule has 3 N–H and O–H groups in total. The number of aliphatic hydroxyl groups excluding tert-OH is 1. The molecule has 3 atom stereocenters. The minimum Gasteiger partial charge on any atom is -0.393 e. The number of halogens is 1. The summed E-state index contributed by atoms with van der Waals surface area (Å²) in [4.78, 5) is 2.56. The van der Waals surface area contributed by atoms with Crippen molar-refractivity contribution in [3.8, 4) is 0 Å². The van der Waals surface area contributed by atoms with Gasteiger partial charge in [-0.1, -0.05) is 28.1 Å². The molecule has 2 fully saturated rings. The predicted molar refractivity (Wildman–Crippen MR) is 79.8 cm³/mol. The number of hydrogen-bond donors (Lipinski definition) is 2. The van der Waals surface area contributed by atoms with Crippen molar-refractivity contribution in [2.75, 3.05) is 6.54 Å². The van der Waals surface area contributed by atoms with E-state index in [1.807, 2.05) is 6.07 Å². The Morgan fingerprint density at radius 1 is 1.32 bits per heavy atom. The fraction of sp³-hybridized carbons (Fsp3) is 0.600. The van der Waals surface area contributed by atoms with Crippen molar-refractivity contribution in [3.05, 3.63) is 34.3 Å². The Kier molecular flexibility index (Phi) is 3.94. The first kappa shape index (κ1) is 13.6. The van der Waals surface area contributed by atoms with Crippen molar-refractivity contribution < 1.29 is 5.11 Å². The van der Waals surface area contributed by atoms with Gasteiger partial charge in [0, 0.05) is 29.1 Å². The zero-order chi connectivity index (χ0) is 13.4. The van der Waals surface area contributed by atoms with Crippen molar-refractivity contribution in [3.63, 3.8) is 0 Å². The van der Waals surface area contributed by atoms with E-state index < -0.39 is 0 Å². The van der Waals surface area contributed by atoms with Crippen LogP contribution < -0.4 is 5.73 Å². The highest BCUT2D eigenvalue weighted by molar-refractivity contribution is 9.10. The Bertz CT molecular complexity index is 440. The third kappa shape index (κ3) is 2.59.